The second-order valence-corrected chi connectivity index (χ2v) is 5.90. The summed E-state index contributed by atoms with van der Waals surface area (Å²) in [6.45, 7) is 1.14. The fourth-order valence-electron chi connectivity index (χ4n) is 3.00. The molecule has 0 unspecified atom stereocenters. The first-order valence-corrected chi connectivity index (χ1v) is 7.75. The van der Waals surface area contributed by atoms with Crippen molar-refractivity contribution >= 4 is 5.69 Å². The number of piperidine rings is 1. The summed E-state index contributed by atoms with van der Waals surface area (Å²) in [4.78, 5) is 10.1. The van der Waals surface area contributed by atoms with E-state index < -0.39 is 11.7 Å². The van der Waals surface area contributed by atoms with Gasteiger partial charge in [0.1, 0.15) is 5.82 Å². The zero-order valence-corrected chi connectivity index (χ0v) is 13.2. The van der Waals surface area contributed by atoms with Crippen LogP contribution < -0.4 is 4.90 Å². The van der Waals surface area contributed by atoms with E-state index in [1.165, 1.54) is 18.5 Å². The lowest BCUT2D eigenvalue weighted by atomic mass is 9.95. The highest BCUT2D eigenvalue weighted by atomic mass is 19.4. The monoisotopic (exact) mass is 348 g/mol. The van der Waals surface area contributed by atoms with E-state index in [1.807, 2.05) is 4.90 Å². The van der Waals surface area contributed by atoms with E-state index in [0.717, 1.165) is 6.07 Å². The van der Waals surface area contributed by atoms with E-state index in [-0.39, 0.29) is 17.2 Å². The molecule has 0 radical (unpaired) electrons. The Balaban J connectivity index is 1.75. The molecule has 1 aromatic carbocycles. The lowest BCUT2D eigenvalue weighted by Crippen LogP contribution is -2.33. The predicted octanol–water partition coefficient (Wildman–Crippen LogP) is 3.46. The van der Waals surface area contributed by atoms with Crippen molar-refractivity contribution in [2.24, 2.45) is 0 Å². The number of aromatic hydroxyl groups is 1. The van der Waals surface area contributed by atoms with Crippen molar-refractivity contribution in [2.75, 3.05) is 18.0 Å². The van der Waals surface area contributed by atoms with Crippen molar-refractivity contribution in [3.63, 3.8) is 0 Å². The van der Waals surface area contributed by atoms with Gasteiger partial charge in [-0.1, -0.05) is 0 Å². The maximum atomic E-state index is 13.1. The molecule has 0 atom stereocenters. The van der Waals surface area contributed by atoms with Gasteiger partial charge in [0.2, 0.25) is 0 Å². The number of aromatic nitrogens is 2. The summed E-state index contributed by atoms with van der Waals surface area (Å²) in [6.07, 6.45) is -0.479. The van der Waals surface area contributed by atoms with Crippen molar-refractivity contribution < 1.29 is 18.3 Å². The van der Waals surface area contributed by atoms with E-state index in [9.17, 15) is 18.3 Å². The number of hydrogen-bond acceptors (Lipinski definition) is 5. The summed E-state index contributed by atoms with van der Waals surface area (Å²) in [5.41, 5.74) is -0.823. The van der Waals surface area contributed by atoms with Crippen molar-refractivity contribution in [3.8, 4) is 11.8 Å². The number of anilines is 1. The molecule has 1 aliphatic rings. The normalized spacial score (nSPS) is 15.8. The molecular weight excluding hydrogens is 333 g/mol. The molecule has 1 N–H and O–H groups in total. The van der Waals surface area contributed by atoms with Crippen molar-refractivity contribution in [1.29, 1.82) is 5.26 Å². The van der Waals surface area contributed by atoms with Crippen LogP contribution in [0.3, 0.4) is 0 Å². The molecule has 0 bridgehead atoms. The van der Waals surface area contributed by atoms with Crippen molar-refractivity contribution in [3.05, 3.63) is 47.5 Å². The first kappa shape index (κ1) is 17.0. The smallest absolute Gasteiger partial charge is 0.417 e. The number of hydrogen-bond donors (Lipinski definition) is 1. The largest absolute Gasteiger partial charge is 0.505 e. The molecule has 0 spiro atoms. The van der Waals surface area contributed by atoms with E-state index in [2.05, 4.69) is 9.97 Å². The van der Waals surface area contributed by atoms with Crippen LogP contribution in [-0.2, 0) is 6.18 Å². The van der Waals surface area contributed by atoms with Crippen LogP contribution >= 0.6 is 0 Å². The van der Waals surface area contributed by atoms with Crippen LogP contribution in [0.2, 0.25) is 0 Å². The fraction of sp³-hybridized carbons (Fsp3) is 0.353. The van der Waals surface area contributed by atoms with Gasteiger partial charge in [-0.2, -0.15) is 18.4 Å². The molecule has 0 amide bonds. The Bertz CT molecular complexity index is 791. The van der Waals surface area contributed by atoms with Gasteiger partial charge in [0.25, 0.3) is 0 Å². The topological polar surface area (TPSA) is 73.0 Å². The Morgan fingerprint density at radius 1 is 1.16 bits per heavy atom. The maximum absolute atomic E-state index is 13.1. The molecule has 8 heteroatoms. The Kier molecular flexibility index (Phi) is 4.49. The number of rotatable bonds is 2. The average Bonchev–Trinajstić information content (AvgIpc) is 2.61. The second kappa shape index (κ2) is 6.59. The van der Waals surface area contributed by atoms with E-state index in [1.54, 1.807) is 12.1 Å². The minimum absolute atomic E-state index is 0.00144. The summed E-state index contributed by atoms with van der Waals surface area (Å²) in [5.74, 6) is 0.740. The molecular formula is C17H15F3N4O. The Morgan fingerprint density at radius 3 is 2.36 bits per heavy atom. The van der Waals surface area contributed by atoms with Gasteiger partial charge in [-0.3, -0.25) is 0 Å². The van der Waals surface area contributed by atoms with Crippen LogP contribution in [0.4, 0.5) is 18.9 Å². The number of alkyl halides is 3. The van der Waals surface area contributed by atoms with Gasteiger partial charge in [-0.25, -0.2) is 9.97 Å². The van der Waals surface area contributed by atoms with Gasteiger partial charge in [-0.05, 0) is 31.0 Å². The van der Waals surface area contributed by atoms with Gasteiger partial charge in [0.05, 0.1) is 29.6 Å². The van der Waals surface area contributed by atoms with Gasteiger partial charge < -0.3 is 10.0 Å². The second-order valence-electron chi connectivity index (χ2n) is 5.90. The standard InChI is InChI=1S/C17H15F3N4O/c18-17(19,20)15-7-13(2-1-12(15)8-21)24-5-3-11(4-6-24)16-22-9-14(25)10-23-16/h1-2,7,9-11,25H,3-6H2. The average molecular weight is 348 g/mol. The molecule has 1 fully saturated rings. The van der Waals surface area contributed by atoms with Crippen molar-refractivity contribution in [2.45, 2.75) is 24.9 Å². The van der Waals surface area contributed by atoms with E-state index in [0.29, 0.717) is 37.4 Å². The van der Waals surface area contributed by atoms with Crippen LogP contribution in [0.5, 0.6) is 5.75 Å². The highest BCUT2D eigenvalue weighted by molar-refractivity contribution is 5.55. The van der Waals surface area contributed by atoms with Crippen LogP contribution in [-0.4, -0.2) is 28.2 Å². The van der Waals surface area contributed by atoms with Gasteiger partial charge in [0, 0.05) is 24.7 Å². The van der Waals surface area contributed by atoms with Gasteiger partial charge in [0.15, 0.2) is 5.75 Å². The zero-order valence-electron chi connectivity index (χ0n) is 13.2. The third kappa shape index (κ3) is 3.65. The number of halogens is 3. The quantitative estimate of drug-likeness (QED) is 0.900. The van der Waals surface area contributed by atoms with Crippen LogP contribution in [0.1, 0.15) is 35.7 Å². The maximum Gasteiger partial charge on any atom is 0.417 e. The molecule has 1 saturated heterocycles. The van der Waals surface area contributed by atoms with Crippen LogP contribution in [0.15, 0.2) is 30.6 Å². The molecule has 130 valence electrons. The molecule has 2 aromatic rings. The molecule has 5 nitrogen and oxygen atoms in total. The Labute approximate surface area is 142 Å². The Morgan fingerprint density at radius 2 is 1.80 bits per heavy atom. The summed E-state index contributed by atoms with van der Waals surface area (Å²) in [5, 5.41) is 18.1. The van der Waals surface area contributed by atoms with Crippen molar-refractivity contribution in [1.82, 2.24) is 9.97 Å². The molecule has 1 aliphatic heterocycles. The highest BCUT2D eigenvalue weighted by Crippen LogP contribution is 2.36. The predicted molar refractivity (Wildman–Crippen MR) is 84.0 cm³/mol. The molecule has 25 heavy (non-hydrogen) atoms. The number of benzene rings is 1. The molecule has 0 saturated carbocycles. The SMILES string of the molecule is N#Cc1ccc(N2CCC(c3ncc(O)cn3)CC2)cc1C(F)(F)F. The van der Waals surface area contributed by atoms with Crippen LogP contribution in [0, 0.1) is 11.3 Å². The first-order chi connectivity index (χ1) is 11.9. The van der Waals surface area contributed by atoms with Gasteiger partial charge in [-0.15, -0.1) is 0 Å². The summed E-state index contributed by atoms with van der Waals surface area (Å²) in [6, 6.07) is 5.39. The first-order valence-electron chi connectivity index (χ1n) is 7.75. The van der Waals surface area contributed by atoms with E-state index >= 15 is 0 Å². The summed E-state index contributed by atoms with van der Waals surface area (Å²) >= 11 is 0. The van der Waals surface area contributed by atoms with E-state index in [4.69, 9.17) is 5.26 Å². The Hall–Kier alpha value is -2.82. The summed E-state index contributed by atoms with van der Waals surface area (Å²) in [7, 11) is 0. The number of nitriles is 1. The third-order valence-corrected chi connectivity index (χ3v) is 4.31. The third-order valence-electron chi connectivity index (χ3n) is 4.31. The molecule has 0 aliphatic carbocycles. The molecule has 2 heterocycles. The number of nitrogens with zero attached hydrogens (tertiary/aromatic N) is 4. The zero-order chi connectivity index (χ0) is 18.0. The minimum Gasteiger partial charge on any atom is -0.505 e. The van der Waals surface area contributed by atoms with Crippen LogP contribution in [0.25, 0.3) is 0 Å². The minimum atomic E-state index is -4.56. The summed E-state index contributed by atoms with van der Waals surface area (Å²) < 4.78 is 39.3. The lowest BCUT2D eigenvalue weighted by molar-refractivity contribution is -0.137. The molecule has 3 rings (SSSR count). The highest BCUT2D eigenvalue weighted by Gasteiger charge is 2.34. The molecule has 1 aromatic heterocycles. The fourth-order valence-corrected chi connectivity index (χ4v) is 3.00. The van der Waals surface area contributed by atoms with Gasteiger partial charge >= 0.3 is 6.18 Å². The lowest BCUT2D eigenvalue weighted by Gasteiger charge is -2.33.